The lowest BCUT2D eigenvalue weighted by atomic mass is 9.83. The van der Waals surface area contributed by atoms with Crippen molar-refractivity contribution >= 4 is 17.6 Å². The van der Waals surface area contributed by atoms with Gasteiger partial charge < -0.3 is 15.2 Å². The Kier molecular flexibility index (Phi) is 5.37. The van der Waals surface area contributed by atoms with Crippen LogP contribution in [0.15, 0.2) is 72.1 Å². The Bertz CT molecular complexity index is 1260. The molecule has 1 aliphatic heterocycles. The molecule has 7 heteroatoms. The number of nitriles is 1. The minimum absolute atomic E-state index is 0.0455. The molecule has 1 unspecified atom stereocenters. The summed E-state index contributed by atoms with van der Waals surface area (Å²) >= 11 is 6.26. The first-order chi connectivity index (χ1) is 14.9. The van der Waals surface area contributed by atoms with E-state index in [0.29, 0.717) is 11.1 Å². The number of hydrogen-bond acceptors (Lipinski definition) is 5. The third-order valence-corrected chi connectivity index (χ3v) is 5.38. The summed E-state index contributed by atoms with van der Waals surface area (Å²) in [6.45, 7) is 1.81. The highest BCUT2D eigenvalue weighted by Gasteiger charge is 2.34. The molecule has 154 valence electrons. The fraction of sp³-hybridized carbons (Fsp3) is 0.0833. The number of nitrogens with two attached hydrogens (primary N) is 1. The number of hydrogen-bond donors (Lipinski definition) is 1. The van der Waals surface area contributed by atoms with Gasteiger partial charge in [-0.25, -0.2) is 9.18 Å². The lowest BCUT2D eigenvalue weighted by Crippen LogP contribution is -2.22. The van der Waals surface area contributed by atoms with E-state index in [1.54, 1.807) is 30.3 Å². The Morgan fingerprint density at radius 2 is 1.97 bits per heavy atom. The van der Waals surface area contributed by atoms with Crippen molar-refractivity contribution in [2.24, 2.45) is 5.73 Å². The second-order valence-electron chi connectivity index (χ2n) is 6.96. The topological polar surface area (TPSA) is 85.3 Å². The first kappa shape index (κ1) is 20.5. The van der Waals surface area contributed by atoms with E-state index in [9.17, 15) is 14.4 Å². The van der Waals surface area contributed by atoms with Gasteiger partial charge in [0.2, 0.25) is 5.88 Å². The van der Waals surface area contributed by atoms with Crippen LogP contribution < -0.4 is 15.2 Å². The highest BCUT2D eigenvalue weighted by atomic mass is 35.5. The third kappa shape index (κ3) is 3.72. The average Bonchev–Trinajstić information content (AvgIpc) is 2.73. The highest BCUT2D eigenvalue weighted by molar-refractivity contribution is 6.31. The van der Waals surface area contributed by atoms with Crippen molar-refractivity contribution < 1.29 is 18.7 Å². The average molecular weight is 435 g/mol. The molecular weight excluding hydrogens is 419 g/mol. The molecule has 0 aliphatic carbocycles. The number of carbonyl (C=O) groups excluding carboxylic acids is 1. The number of ether oxygens (including phenoxy) is 2. The molecular formula is C24H16ClFN2O3. The Morgan fingerprint density at radius 1 is 1.19 bits per heavy atom. The number of aryl methyl sites for hydroxylation is 1. The van der Waals surface area contributed by atoms with Gasteiger partial charge in [-0.05, 0) is 36.8 Å². The quantitative estimate of drug-likeness (QED) is 0.451. The summed E-state index contributed by atoms with van der Waals surface area (Å²) in [4.78, 5) is 12.5. The molecule has 0 saturated heterocycles. The molecule has 0 spiro atoms. The van der Waals surface area contributed by atoms with E-state index in [1.165, 1.54) is 18.2 Å². The summed E-state index contributed by atoms with van der Waals surface area (Å²) in [5, 5.41) is 9.78. The minimum Gasteiger partial charge on any atom is -0.440 e. The van der Waals surface area contributed by atoms with Crippen molar-refractivity contribution in [3.63, 3.8) is 0 Å². The maximum absolute atomic E-state index is 14.7. The fourth-order valence-corrected chi connectivity index (χ4v) is 3.82. The van der Waals surface area contributed by atoms with Gasteiger partial charge in [0.05, 0.1) is 11.5 Å². The highest BCUT2D eigenvalue weighted by Crippen LogP contribution is 2.46. The number of esters is 1. The summed E-state index contributed by atoms with van der Waals surface area (Å²) in [6.07, 6.45) is 0. The molecule has 3 aromatic carbocycles. The van der Waals surface area contributed by atoms with E-state index in [2.05, 4.69) is 0 Å². The van der Waals surface area contributed by atoms with Crippen molar-refractivity contribution in [2.75, 3.05) is 0 Å². The van der Waals surface area contributed by atoms with Crippen molar-refractivity contribution in [1.29, 1.82) is 5.26 Å². The zero-order chi connectivity index (χ0) is 22.1. The molecule has 31 heavy (non-hydrogen) atoms. The van der Waals surface area contributed by atoms with Crippen LogP contribution in [0.3, 0.4) is 0 Å². The first-order valence-electron chi connectivity index (χ1n) is 9.34. The predicted molar refractivity (Wildman–Crippen MR) is 113 cm³/mol. The summed E-state index contributed by atoms with van der Waals surface area (Å²) in [5.41, 5.74) is 7.82. The van der Waals surface area contributed by atoms with Crippen LogP contribution in [0, 0.1) is 24.1 Å². The van der Waals surface area contributed by atoms with E-state index < -0.39 is 17.7 Å². The number of halogens is 2. The molecule has 0 bridgehead atoms. The molecule has 1 atom stereocenters. The smallest absolute Gasteiger partial charge is 0.343 e. The Labute approximate surface area is 183 Å². The molecule has 0 amide bonds. The van der Waals surface area contributed by atoms with Gasteiger partial charge in [-0.2, -0.15) is 5.26 Å². The zero-order valence-corrected chi connectivity index (χ0v) is 17.1. The van der Waals surface area contributed by atoms with Gasteiger partial charge in [-0.15, -0.1) is 0 Å². The van der Waals surface area contributed by atoms with Crippen molar-refractivity contribution in [3.8, 4) is 17.6 Å². The van der Waals surface area contributed by atoms with Crippen LogP contribution in [0.25, 0.3) is 0 Å². The van der Waals surface area contributed by atoms with E-state index in [-0.39, 0.29) is 33.5 Å². The van der Waals surface area contributed by atoms with Crippen LogP contribution >= 0.6 is 11.6 Å². The second kappa shape index (κ2) is 8.13. The number of nitrogens with zero attached hydrogens (tertiary/aromatic N) is 1. The first-order valence-corrected chi connectivity index (χ1v) is 9.71. The van der Waals surface area contributed by atoms with Gasteiger partial charge in [0.15, 0.2) is 0 Å². The van der Waals surface area contributed by atoms with Crippen molar-refractivity contribution in [3.05, 3.63) is 105 Å². The summed E-state index contributed by atoms with van der Waals surface area (Å²) in [6, 6.07) is 18.0. The fourth-order valence-electron chi connectivity index (χ4n) is 3.55. The largest absolute Gasteiger partial charge is 0.440 e. The van der Waals surface area contributed by atoms with Crippen molar-refractivity contribution in [1.82, 2.24) is 0 Å². The summed E-state index contributed by atoms with van der Waals surface area (Å²) < 4.78 is 25.8. The molecule has 3 aromatic rings. The van der Waals surface area contributed by atoms with Gasteiger partial charge in [-0.1, -0.05) is 41.9 Å². The maximum atomic E-state index is 14.7. The Balaban J connectivity index is 1.75. The maximum Gasteiger partial charge on any atom is 0.343 e. The van der Waals surface area contributed by atoms with Crippen LogP contribution in [0.2, 0.25) is 5.02 Å². The number of fused-ring (bicyclic) bond motifs is 1. The number of benzene rings is 3. The molecule has 2 N–H and O–H groups in total. The molecule has 0 radical (unpaired) electrons. The Morgan fingerprint density at radius 3 is 2.68 bits per heavy atom. The van der Waals surface area contributed by atoms with Crippen LogP contribution in [0.4, 0.5) is 4.39 Å². The predicted octanol–water partition coefficient (Wildman–Crippen LogP) is 5.22. The molecule has 5 nitrogen and oxygen atoms in total. The second-order valence-corrected chi connectivity index (χ2v) is 7.37. The van der Waals surface area contributed by atoms with Crippen LogP contribution in [-0.4, -0.2) is 5.97 Å². The summed E-state index contributed by atoms with van der Waals surface area (Å²) in [5.74, 6) is -1.65. The van der Waals surface area contributed by atoms with E-state index in [1.807, 2.05) is 25.1 Å². The van der Waals surface area contributed by atoms with E-state index in [4.69, 9.17) is 26.8 Å². The van der Waals surface area contributed by atoms with Crippen molar-refractivity contribution in [2.45, 2.75) is 12.8 Å². The molecule has 4 rings (SSSR count). The Hall–Kier alpha value is -3.82. The van der Waals surface area contributed by atoms with Crippen LogP contribution in [-0.2, 0) is 0 Å². The van der Waals surface area contributed by atoms with Gasteiger partial charge in [-0.3, -0.25) is 0 Å². The molecule has 0 aromatic heterocycles. The molecule has 0 fully saturated rings. The van der Waals surface area contributed by atoms with Gasteiger partial charge in [0, 0.05) is 22.2 Å². The van der Waals surface area contributed by atoms with E-state index >= 15 is 0 Å². The molecule has 1 aliphatic rings. The lowest BCUT2D eigenvalue weighted by Gasteiger charge is -2.27. The SMILES string of the molecule is Cc1ccccc1C(=O)Oc1ccc2c(c1)OC(N)=C(C#N)C2c1c(F)cccc1Cl. The summed E-state index contributed by atoms with van der Waals surface area (Å²) in [7, 11) is 0. The molecule has 0 saturated carbocycles. The van der Waals surface area contributed by atoms with E-state index in [0.717, 1.165) is 5.56 Å². The van der Waals surface area contributed by atoms with Gasteiger partial charge >= 0.3 is 5.97 Å². The van der Waals surface area contributed by atoms with Gasteiger partial charge in [0.1, 0.15) is 29.0 Å². The van der Waals surface area contributed by atoms with Crippen LogP contribution in [0.5, 0.6) is 11.5 Å². The van der Waals surface area contributed by atoms with Gasteiger partial charge in [0.25, 0.3) is 0 Å². The monoisotopic (exact) mass is 434 g/mol. The number of rotatable bonds is 3. The number of allylic oxidation sites excluding steroid dienone is 1. The molecule has 1 heterocycles. The zero-order valence-electron chi connectivity index (χ0n) is 16.4. The lowest BCUT2D eigenvalue weighted by molar-refractivity contribution is 0.0733. The standard InChI is InChI=1S/C24H16ClFN2O3/c1-13-5-2-3-6-15(13)24(29)30-14-9-10-16-20(11-14)31-23(28)17(12-27)21(16)22-18(25)7-4-8-19(22)26/h2-11,21H,28H2,1H3. The minimum atomic E-state index is -0.858. The van der Waals surface area contributed by atoms with Crippen LogP contribution in [0.1, 0.15) is 33.0 Å². The normalized spacial score (nSPS) is 15.0. The number of carbonyl (C=O) groups is 1. The third-order valence-electron chi connectivity index (χ3n) is 5.05.